The van der Waals surface area contributed by atoms with E-state index in [1.54, 1.807) is 0 Å². The molecule has 0 fully saturated rings. The minimum absolute atomic E-state index is 0.0691. The number of carbonyl (C=O) groups is 1. The van der Waals surface area contributed by atoms with E-state index in [1.165, 1.54) is 45.9 Å². The van der Waals surface area contributed by atoms with Crippen LogP contribution in [0.2, 0.25) is 0 Å². The van der Waals surface area contributed by atoms with Gasteiger partial charge in [0.05, 0.1) is 5.41 Å². The molecule has 3 heteroatoms. The summed E-state index contributed by atoms with van der Waals surface area (Å²) in [6, 6.07) is 52.3. The minimum Gasteiger partial charge on any atom is -0.289 e. The Morgan fingerprint density at radius 3 is 1.59 bits per heavy atom. The molecule has 0 aliphatic heterocycles. The lowest BCUT2D eigenvalue weighted by atomic mass is 9.59. The van der Waals surface area contributed by atoms with E-state index in [0.29, 0.717) is 6.42 Å². The largest absolute Gasteiger partial charge is 0.289 e. The molecular weight excluding hydrogens is 693 g/mol. The van der Waals surface area contributed by atoms with Crippen LogP contribution in [0.3, 0.4) is 0 Å². The lowest BCUT2D eigenvalue weighted by Gasteiger charge is -2.42. The first-order valence-electron chi connectivity index (χ1n) is 18.4. The van der Waals surface area contributed by atoms with E-state index in [4.69, 9.17) is 0 Å². The monoisotopic (exact) mass is 724 g/mol. The molecule has 1 nitrogen and oxygen atoms in total. The number of carbonyl (C=O) groups excluding carboxylic acids is 1. The summed E-state index contributed by atoms with van der Waals surface area (Å²) in [5.74, 6) is 0.0691. The molecule has 2 aliphatic carbocycles. The predicted octanol–water partition coefficient (Wildman–Crippen LogP) is 14.2. The Hall–Kier alpha value is -6.13. The molecule has 2 aromatic heterocycles. The summed E-state index contributed by atoms with van der Waals surface area (Å²) in [6.45, 7) is 4.52. The molecule has 0 N–H and O–H groups in total. The Kier molecular flexibility index (Phi) is 6.94. The second-order valence-corrected chi connectivity index (χ2v) is 16.5. The molecule has 0 saturated carbocycles. The highest BCUT2D eigenvalue weighted by Crippen LogP contribution is 2.53. The van der Waals surface area contributed by atoms with E-state index >= 15 is 4.79 Å². The number of thiophene rings is 2. The highest BCUT2D eigenvalue weighted by Gasteiger charge is 2.46. The zero-order chi connectivity index (χ0) is 36.0. The van der Waals surface area contributed by atoms with E-state index in [0.717, 1.165) is 55.6 Å². The van der Waals surface area contributed by atoms with Crippen molar-refractivity contribution in [3.63, 3.8) is 0 Å². The summed E-state index contributed by atoms with van der Waals surface area (Å²) < 4.78 is 5.03. The second-order valence-electron chi connectivity index (χ2n) is 14.4. The van der Waals surface area contributed by atoms with Crippen molar-refractivity contribution in [1.29, 1.82) is 0 Å². The number of hydrogen-bond acceptors (Lipinski definition) is 3. The standard InChI is InChI=1S/C51H32OS2/c1-31-13-3-2-10-28-51(43-21-7-4-14-34(31)43)44-26-24-32(35-17-11-19-39-37-15-5-8-22-46(37)53-49(35)39)29-41(44)48(52)42-30-33(25-27-45(42)51)36-18-12-20-40-38-16-6-9-23-47(38)54-50(36)40/h2-27,29-30H,1,28H2/b10-2-,13-3-. The van der Waals surface area contributed by atoms with Crippen LogP contribution in [0.1, 0.15) is 44.6 Å². The number of benzene rings is 7. The first-order valence-corrected chi connectivity index (χ1v) is 20.0. The Morgan fingerprint density at radius 1 is 0.481 bits per heavy atom. The topological polar surface area (TPSA) is 17.1 Å². The third-order valence-electron chi connectivity index (χ3n) is 11.6. The molecule has 2 heterocycles. The molecule has 7 aromatic carbocycles. The van der Waals surface area contributed by atoms with E-state index in [9.17, 15) is 0 Å². The van der Waals surface area contributed by atoms with Gasteiger partial charge in [0, 0.05) is 51.5 Å². The highest BCUT2D eigenvalue weighted by atomic mass is 32.1. The Morgan fingerprint density at radius 2 is 0.981 bits per heavy atom. The van der Waals surface area contributed by atoms with Gasteiger partial charge in [0.15, 0.2) is 5.78 Å². The Bertz CT molecular complexity index is 2960. The first kappa shape index (κ1) is 31.4. The fourth-order valence-electron chi connectivity index (χ4n) is 9.12. The second kappa shape index (κ2) is 11.9. The quantitative estimate of drug-likeness (QED) is 0.173. The van der Waals surface area contributed by atoms with Crippen LogP contribution in [0.5, 0.6) is 0 Å². The van der Waals surface area contributed by atoms with Crippen molar-refractivity contribution in [2.24, 2.45) is 0 Å². The number of ketones is 1. The smallest absolute Gasteiger partial charge is 0.193 e. The molecule has 1 spiro atoms. The van der Waals surface area contributed by atoms with Gasteiger partial charge in [-0.2, -0.15) is 0 Å². The SMILES string of the molecule is C=C1/C=C\C=C/CC2(c3ccccc31)c1ccc(-c3cccc4c3sc3ccccc34)cc1C(=O)c1cc(-c3cccc4c3sc3ccccc34)ccc12. The number of allylic oxidation sites excluding steroid dienone is 5. The fraction of sp³-hybridized carbons (Fsp3) is 0.0392. The van der Waals surface area contributed by atoms with Crippen LogP contribution in [0.25, 0.3) is 68.2 Å². The average Bonchev–Trinajstić information content (AvgIpc) is 3.81. The summed E-state index contributed by atoms with van der Waals surface area (Å²) in [6.07, 6.45) is 9.26. The number of rotatable bonds is 2. The van der Waals surface area contributed by atoms with Gasteiger partial charge in [0.1, 0.15) is 0 Å². The zero-order valence-electron chi connectivity index (χ0n) is 29.3. The third-order valence-corrected chi connectivity index (χ3v) is 14.0. The maximum absolute atomic E-state index is 15.3. The van der Waals surface area contributed by atoms with Gasteiger partial charge in [-0.25, -0.2) is 0 Å². The Labute approximate surface area is 321 Å². The molecule has 0 unspecified atom stereocenters. The van der Waals surface area contributed by atoms with Crippen LogP contribution >= 0.6 is 22.7 Å². The van der Waals surface area contributed by atoms with Crippen LogP contribution in [0, 0.1) is 0 Å². The molecule has 0 atom stereocenters. The lowest BCUT2D eigenvalue weighted by molar-refractivity contribution is 0.103. The van der Waals surface area contributed by atoms with Crippen LogP contribution in [0.4, 0.5) is 0 Å². The van der Waals surface area contributed by atoms with Crippen molar-refractivity contribution >= 4 is 74.4 Å². The molecule has 0 bridgehead atoms. The van der Waals surface area contributed by atoms with Gasteiger partial charge >= 0.3 is 0 Å². The third kappa shape index (κ3) is 4.46. The van der Waals surface area contributed by atoms with E-state index in [1.807, 2.05) is 22.7 Å². The average molecular weight is 725 g/mol. The first-order chi connectivity index (χ1) is 26.6. The number of hydrogen-bond donors (Lipinski definition) is 0. The lowest BCUT2D eigenvalue weighted by Crippen LogP contribution is -2.37. The van der Waals surface area contributed by atoms with E-state index in [-0.39, 0.29) is 5.78 Å². The summed E-state index contributed by atoms with van der Waals surface area (Å²) in [7, 11) is 0. The van der Waals surface area contributed by atoms with Gasteiger partial charge in [-0.05, 0) is 80.8 Å². The van der Waals surface area contributed by atoms with Crippen molar-refractivity contribution in [1.82, 2.24) is 0 Å². The van der Waals surface area contributed by atoms with Crippen LogP contribution in [-0.2, 0) is 5.41 Å². The maximum Gasteiger partial charge on any atom is 0.193 e. The summed E-state index contributed by atoms with van der Waals surface area (Å²) in [5.41, 5.74) is 10.6. The summed E-state index contributed by atoms with van der Waals surface area (Å²) >= 11 is 3.64. The molecule has 0 radical (unpaired) electrons. The van der Waals surface area contributed by atoms with Crippen LogP contribution in [-0.4, -0.2) is 5.78 Å². The molecule has 9 aromatic rings. The summed E-state index contributed by atoms with van der Waals surface area (Å²) in [5, 5.41) is 5.04. The molecule has 11 rings (SSSR count). The zero-order valence-corrected chi connectivity index (χ0v) is 30.9. The minimum atomic E-state index is -0.620. The number of fused-ring (bicyclic) bond motifs is 12. The maximum atomic E-state index is 15.3. The van der Waals surface area contributed by atoms with Crippen molar-refractivity contribution in [3.8, 4) is 22.3 Å². The van der Waals surface area contributed by atoms with Crippen molar-refractivity contribution in [3.05, 3.63) is 210 Å². The molecule has 0 amide bonds. The van der Waals surface area contributed by atoms with Gasteiger partial charge in [-0.3, -0.25) is 4.79 Å². The van der Waals surface area contributed by atoms with Gasteiger partial charge in [0.2, 0.25) is 0 Å². The van der Waals surface area contributed by atoms with Crippen molar-refractivity contribution < 1.29 is 4.79 Å². The van der Waals surface area contributed by atoms with Crippen molar-refractivity contribution in [2.75, 3.05) is 0 Å². The van der Waals surface area contributed by atoms with Crippen LogP contribution < -0.4 is 0 Å². The van der Waals surface area contributed by atoms with Gasteiger partial charge in [-0.15, -0.1) is 22.7 Å². The molecule has 2 aliphatic rings. The predicted molar refractivity (Wildman–Crippen MR) is 231 cm³/mol. The highest BCUT2D eigenvalue weighted by molar-refractivity contribution is 7.26. The Balaban J connectivity index is 1.19. The van der Waals surface area contributed by atoms with E-state index < -0.39 is 5.41 Å². The summed E-state index contributed by atoms with van der Waals surface area (Å²) in [4.78, 5) is 15.3. The fourth-order valence-corrected chi connectivity index (χ4v) is 11.6. The molecule has 54 heavy (non-hydrogen) atoms. The van der Waals surface area contributed by atoms with Gasteiger partial charge < -0.3 is 0 Å². The molecule has 0 saturated heterocycles. The molecular formula is C51H32OS2. The normalized spacial score (nSPS) is 15.9. The van der Waals surface area contributed by atoms with Gasteiger partial charge in [0.25, 0.3) is 0 Å². The van der Waals surface area contributed by atoms with E-state index in [2.05, 4.69) is 176 Å². The van der Waals surface area contributed by atoms with Crippen molar-refractivity contribution in [2.45, 2.75) is 11.8 Å². The van der Waals surface area contributed by atoms with Gasteiger partial charge in [-0.1, -0.05) is 152 Å². The molecule has 254 valence electrons. The van der Waals surface area contributed by atoms with Crippen LogP contribution in [0.15, 0.2) is 176 Å².